The second-order valence-electron chi connectivity index (χ2n) is 6.85. The molecule has 0 aliphatic carbocycles. The lowest BCUT2D eigenvalue weighted by atomic mass is 10.1. The topological polar surface area (TPSA) is 88.0 Å². The number of hydrogen-bond acceptors (Lipinski definition) is 5. The van der Waals surface area contributed by atoms with Crippen LogP contribution in [0.15, 0.2) is 90.0 Å². The van der Waals surface area contributed by atoms with Crippen LogP contribution in [0.3, 0.4) is 0 Å². The minimum absolute atomic E-state index is 0.108. The molecule has 2 N–H and O–H groups in total. The monoisotopic (exact) mass is 428 g/mol. The summed E-state index contributed by atoms with van der Waals surface area (Å²) < 4.78 is 18.8. The maximum atomic E-state index is 13.7. The molecule has 4 aromatic rings. The fraction of sp³-hybridized carbons (Fsp3) is 0. The number of hydrogen-bond donors (Lipinski definition) is 2. The standard InChI is InChI=1S/C25H17FN2O4/c26-22-8-4-3-7-20(22)25(31)32-19-11-9-16(10-12-19)15-27-28-24(30)21-13-17-5-1-2-6-18(17)14-23(21)29/h1-15,29H,(H,28,30)/b27-15+. The first-order chi connectivity index (χ1) is 15.5. The van der Waals surface area contributed by atoms with E-state index in [0.717, 1.165) is 10.8 Å². The van der Waals surface area contributed by atoms with Crippen LogP contribution in [0, 0.1) is 5.82 Å². The zero-order valence-electron chi connectivity index (χ0n) is 16.7. The van der Waals surface area contributed by atoms with Crippen LogP contribution in [-0.4, -0.2) is 23.2 Å². The van der Waals surface area contributed by atoms with Crippen molar-refractivity contribution in [1.82, 2.24) is 5.43 Å². The van der Waals surface area contributed by atoms with Gasteiger partial charge in [0.2, 0.25) is 0 Å². The van der Waals surface area contributed by atoms with Gasteiger partial charge in [-0.15, -0.1) is 0 Å². The van der Waals surface area contributed by atoms with Gasteiger partial charge in [-0.25, -0.2) is 14.6 Å². The lowest BCUT2D eigenvalue weighted by molar-refractivity contribution is 0.0729. The normalized spacial score (nSPS) is 10.9. The highest BCUT2D eigenvalue weighted by Gasteiger charge is 2.13. The summed E-state index contributed by atoms with van der Waals surface area (Å²) >= 11 is 0. The average Bonchev–Trinajstić information content (AvgIpc) is 2.80. The number of carbonyl (C=O) groups is 2. The lowest BCUT2D eigenvalue weighted by Gasteiger charge is -2.06. The number of esters is 1. The number of carbonyl (C=O) groups excluding carboxylic acids is 2. The Balaban J connectivity index is 1.39. The number of phenolic OH excluding ortho intramolecular Hbond substituents is 1. The lowest BCUT2D eigenvalue weighted by Crippen LogP contribution is -2.17. The predicted molar refractivity (Wildman–Crippen MR) is 118 cm³/mol. The zero-order valence-corrected chi connectivity index (χ0v) is 16.7. The average molecular weight is 428 g/mol. The van der Waals surface area contributed by atoms with E-state index in [1.54, 1.807) is 24.3 Å². The van der Waals surface area contributed by atoms with Crippen molar-refractivity contribution in [1.29, 1.82) is 0 Å². The Hall–Kier alpha value is -4.52. The highest BCUT2D eigenvalue weighted by molar-refractivity contribution is 6.01. The number of amides is 1. The molecule has 0 atom stereocenters. The van der Waals surface area contributed by atoms with Crippen molar-refractivity contribution < 1.29 is 23.8 Å². The number of hydrazone groups is 1. The maximum Gasteiger partial charge on any atom is 0.346 e. The second-order valence-corrected chi connectivity index (χ2v) is 6.85. The van der Waals surface area contributed by atoms with E-state index in [2.05, 4.69) is 10.5 Å². The number of nitrogens with zero attached hydrogens (tertiary/aromatic N) is 1. The molecular formula is C25H17FN2O4. The Bertz CT molecular complexity index is 1330. The number of nitrogens with one attached hydrogen (secondary N) is 1. The highest BCUT2D eigenvalue weighted by atomic mass is 19.1. The molecule has 0 aliphatic rings. The van der Waals surface area contributed by atoms with Crippen LogP contribution in [0.5, 0.6) is 11.5 Å². The van der Waals surface area contributed by atoms with Gasteiger partial charge >= 0.3 is 5.97 Å². The second kappa shape index (κ2) is 9.09. The summed E-state index contributed by atoms with van der Waals surface area (Å²) in [5.41, 5.74) is 2.95. The first-order valence-corrected chi connectivity index (χ1v) is 9.63. The smallest absolute Gasteiger partial charge is 0.346 e. The molecule has 0 unspecified atom stereocenters. The van der Waals surface area contributed by atoms with Gasteiger partial charge < -0.3 is 9.84 Å². The number of ether oxygens (including phenoxy) is 1. The Morgan fingerprint density at radius 3 is 2.25 bits per heavy atom. The van der Waals surface area contributed by atoms with Crippen molar-refractivity contribution >= 4 is 28.9 Å². The van der Waals surface area contributed by atoms with Gasteiger partial charge in [-0.3, -0.25) is 4.79 Å². The summed E-state index contributed by atoms with van der Waals surface area (Å²) in [5.74, 6) is -1.92. The van der Waals surface area contributed by atoms with E-state index in [0.29, 0.717) is 5.56 Å². The van der Waals surface area contributed by atoms with Crippen molar-refractivity contribution in [2.75, 3.05) is 0 Å². The fourth-order valence-electron chi connectivity index (χ4n) is 3.05. The summed E-state index contributed by atoms with van der Waals surface area (Å²) in [5, 5.41) is 15.7. The van der Waals surface area contributed by atoms with Crippen molar-refractivity contribution in [3.63, 3.8) is 0 Å². The minimum atomic E-state index is -0.799. The minimum Gasteiger partial charge on any atom is -0.507 e. The maximum absolute atomic E-state index is 13.7. The van der Waals surface area contributed by atoms with Crippen LogP contribution in [0.25, 0.3) is 10.8 Å². The molecule has 0 fully saturated rings. The Kier molecular flexibility index (Phi) is 5.89. The number of halogens is 1. The number of rotatable bonds is 5. The molecule has 32 heavy (non-hydrogen) atoms. The highest BCUT2D eigenvalue weighted by Crippen LogP contribution is 2.24. The number of aromatic hydroxyl groups is 1. The summed E-state index contributed by atoms with van der Waals surface area (Å²) in [6.07, 6.45) is 1.40. The number of benzene rings is 4. The molecule has 4 aromatic carbocycles. The van der Waals surface area contributed by atoms with Crippen molar-refractivity contribution in [2.45, 2.75) is 0 Å². The van der Waals surface area contributed by atoms with Gasteiger partial charge in [0, 0.05) is 0 Å². The van der Waals surface area contributed by atoms with E-state index in [-0.39, 0.29) is 22.6 Å². The van der Waals surface area contributed by atoms with E-state index in [1.165, 1.54) is 42.6 Å². The van der Waals surface area contributed by atoms with Crippen LogP contribution in [0.1, 0.15) is 26.3 Å². The molecule has 0 saturated heterocycles. The Labute approximate surface area is 182 Å². The van der Waals surface area contributed by atoms with E-state index < -0.39 is 17.7 Å². The van der Waals surface area contributed by atoms with Crippen LogP contribution < -0.4 is 10.2 Å². The van der Waals surface area contributed by atoms with Gasteiger partial charge in [-0.1, -0.05) is 36.4 Å². The summed E-state index contributed by atoms with van der Waals surface area (Å²) in [6.45, 7) is 0. The number of phenols is 1. The van der Waals surface area contributed by atoms with Crippen molar-refractivity contribution in [3.05, 3.63) is 107 Å². The molecule has 1 amide bonds. The molecular weight excluding hydrogens is 411 g/mol. The van der Waals surface area contributed by atoms with Crippen molar-refractivity contribution in [3.8, 4) is 11.5 Å². The van der Waals surface area contributed by atoms with Crippen LogP contribution in [-0.2, 0) is 0 Å². The molecule has 0 aliphatic heterocycles. The quantitative estimate of drug-likeness (QED) is 0.209. The third kappa shape index (κ3) is 4.62. The molecule has 0 radical (unpaired) electrons. The summed E-state index contributed by atoms with van der Waals surface area (Å²) in [7, 11) is 0. The predicted octanol–water partition coefficient (Wildman–Crippen LogP) is 4.67. The third-order valence-electron chi connectivity index (χ3n) is 4.67. The van der Waals surface area contributed by atoms with Gasteiger partial charge in [0.05, 0.1) is 17.3 Å². The van der Waals surface area contributed by atoms with Gasteiger partial charge in [-0.05, 0) is 64.9 Å². The van der Waals surface area contributed by atoms with Gasteiger partial charge in [0.15, 0.2) is 0 Å². The van der Waals surface area contributed by atoms with Crippen LogP contribution in [0.4, 0.5) is 4.39 Å². The van der Waals surface area contributed by atoms with Gasteiger partial charge in [0.1, 0.15) is 17.3 Å². The van der Waals surface area contributed by atoms with Crippen LogP contribution in [0.2, 0.25) is 0 Å². The molecule has 7 heteroatoms. The molecule has 0 spiro atoms. The molecule has 0 bridgehead atoms. The van der Waals surface area contributed by atoms with E-state index in [9.17, 15) is 19.1 Å². The van der Waals surface area contributed by atoms with Gasteiger partial charge in [0.25, 0.3) is 5.91 Å². The molecule has 0 aromatic heterocycles. The van der Waals surface area contributed by atoms with Crippen LogP contribution >= 0.6 is 0 Å². The largest absolute Gasteiger partial charge is 0.507 e. The Morgan fingerprint density at radius 1 is 0.875 bits per heavy atom. The molecule has 4 rings (SSSR count). The third-order valence-corrected chi connectivity index (χ3v) is 4.67. The van der Waals surface area contributed by atoms with E-state index >= 15 is 0 Å². The molecule has 0 saturated carbocycles. The fourth-order valence-corrected chi connectivity index (χ4v) is 3.05. The summed E-state index contributed by atoms with van der Waals surface area (Å²) in [4.78, 5) is 24.4. The molecule has 0 heterocycles. The number of fused-ring (bicyclic) bond motifs is 1. The summed E-state index contributed by atoms with van der Waals surface area (Å²) in [6, 6.07) is 22.3. The Morgan fingerprint density at radius 2 is 1.53 bits per heavy atom. The zero-order chi connectivity index (χ0) is 22.5. The first-order valence-electron chi connectivity index (χ1n) is 9.63. The van der Waals surface area contributed by atoms with Crippen molar-refractivity contribution in [2.24, 2.45) is 5.10 Å². The van der Waals surface area contributed by atoms with Gasteiger partial charge in [-0.2, -0.15) is 5.10 Å². The van der Waals surface area contributed by atoms with E-state index in [4.69, 9.17) is 4.74 Å². The molecule has 158 valence electrons. The SMILES string of the molecule is O=C(N/N=C/c1ccc(OC(=O)c2ccccc2F)cc1)c1cc2ccccc2cc1O. The molecule has 6 nitrogen and oxygen atoms in total. The van der Waals surface area contributed by atoms with E-state index in [1.807, 2.05) is 24.3 Å². The first kappa shape index (κ1) is 20.7.